The molecule has 1 heterocycles. The van der Waals surface area contributed by atoms with Gasteiger partial charge in [0.1, 0.15) is 11.5 Å². The fourth-order valence-corrected chi connectivity index (χ4v) is 3.36. The molecule has 0 bridgehead atoms. The molecule has 0 unspecified atom stereocenters. The maximum Gasteiger partial charge on any atom is 0.282 e. The molecule has 3 aromatic carbocycles. The molecule has 1 aliphatic rings. The largest absolute Gasteiger partial charge is 0.326 e. The fraction of sp³-hybridized carbons (Fsp3) is 0.0417. The third-order valence-electron chi connectivity index (χ3n) is 4.76. The molecule has 0 fully saturated rings. The van der Waals surface area contributed by atoms with Gasteiger partial charge >= 0.3 is 0 Å². The van der Waals surface area contributed by atoms with Crippen LogP contribution in [0.2, 0.25) is 0 Å². The maximum absolute atomic E-state index is 13.3. The van der Waals surface area contributed by atoms with Crippen LogP contribution in [0.15, 0.2) is 89.6 Å². The van der Waals surface area contributed by atoms with Crippen LogP contribution in [0.5, 0.6) is 0 Å². The zero-order valence-electron chi connectivity index (χ0n) is 17.1. The molecule has 1 aliphatic heterocycles. The number of nitro groups is 1. The highest BCUT2D eigenvalue weighted by Crippen LogP contribution is 2.30. The third kappa shape index (κ3) is 4.15. The van der Waals surface area contributed by atoms with E-state index in [9.17, 15) is 19.7 Å². The zero-order valence-corrected chi connectivity index (χ0v) is 17.1. The molecule has 0 spiro atoms. The number of aliphatic imine (C=N–C) groups is 1. The van der Waals surface area contributed by atoms with Gasteiger partial charge in [0.15, 0.2) is 0 Å². The van der Waals surface area contributed by atoms with E-state index in [0.29, 0.717) is 22.8 Å². The molecular formula is C24H18N4O4. The van der Waals surface area contributed by atoms with Gasteiger partial charge in [-0.1, -0.05) is 42.5 Å². The normalized spacial score (nSPS) is 14.4. The van der Waals surface area contributed by atoms with Crippen molar-refractivity contribution in [2.24, 2.45) is 4.99 Å². The van der Waals surface area contributed by atoms with E-state index >= 15 is 0 Å². The van der Waals surface area contributed by atoms with E-state index < -0.39 is 10.8 Å². The number of amides is 2. The minimum absolute atomic E-state index is 0.0871. The minimum Gasteiger partial charge on any atom is -0.326 e. The van der Waals surface area contributed by atoms with Gasteiger partial charge in [0.25, 0.3) is 11.6 Å². The first-order valence-corrected chi connectivity index (χ1v) is 9.75. The maximum atomic E-state index is 13.3. The van der Waals surface area contributed by atoms with Crippen molar-refractivity contribution < 1.29 is 14.5 Å². The second-order valence-electron chi connectivity index (χ2n) is 7.02. The molecule has 0 atom stereocenters. The summed E-state index contributed by atoms with van der Waals surface area (Å²) in [6, 6.07) is 22.2. The lowest BCUT2D eigenvalue weighted by molar-refractivity contribution is -0.385. The van der Waals surface area contributed by atoms with Crippen LogP contribution in [-0.2, 0) is 9.59 Å². The first-order chi connectivity index (χ1) is 15.4. The number of benzene rings is 3. The first kappa shape index (κ1) is 20.7. The Hall–Kier alpha value is -4.59. The fourth-order valence-electron chi connectivity index (χ4n) is 3.36. The van der Waals surface area contributed by atoms with E-state index in [2.05, 4.69) is 10.3 Å². The van der Waals surface area contributed by atoms with Crippen LogP contribution in [0.4, 0.5) is 17.1 Å². The van der Waals surface area contributed by atoms with Gasteiger partial charge in [-0.25, -0.2) is 4.99 Å². The highest BCUT2D eigenvalue weighted by molar-refractivity contribution is 6.33. The summed E-state index contributed by atoms with van der Waals surface area (Å²) >= 11 is 0. The highest BCUT2D eigenvalue weighted by Gasteiger charge is 2.33. The molecule has 0 radical (unpaired) electrons. The zero-order chi connectivity index (χ0) is 22.7. The topological polar surface area (TPSA) is 105 Å². The third-order valence-corrected chi connectivity index (χ3v) is 4.76. The van der Waals surface area contributed by atoms with Gasteiger partial charge < -0.3 is 5.32 Å². The van der Waals surface area contributed by atoms with E-state index in [1.165, 1.54) is 24.0 Å². The van der Waals surface area contributed by atoms with Crippen molar-refractivity contribution >= 4 is 40.8 Å². The van der Waals surface area contributed by atoms with Crippen LogP contribution >= 0.6 is 0 Å². The number of amidine groups is 1. The van der Waals surface area contributed by atoms with Crippen LogP contribution in [-0.4, -0.2) is 22.6 Å². The molecule has 32 heavy (non-hydrogen) atoms. The average molecular weight is 426 g/mol. The Bertz CT molecular complexity index is 1260. The van der Waals surface area contributed by atoms with Gasteiger partial charge in [0, 0.05) is 24.2 Å². The first-order valence-electron chi connectivity index (χ1n) is 9.75. The van der Waals surface area contributed by atoms with Gasteiger partial charge in [-0.3, -0.25) is 24.6 Å². The standard InChI is InChI=1S/C24H18N4O4/c1-16(29)25-19-11-13-20(14-12-19)27-23(17-7-3-2-4-8-17)26-21(24(27)30)15-18-9-5-6-10-22(18)28(31)32/h2-15H,1H3,(H,25,29)/b21-15-. The molecule has 3 aromatic rings. The van der Waals surface area contributed by atoms with Gasteiger partial charge in [0.05, 0.1) is 16.2 Å². The van der Waals surface area contributed by atoms with Crippen LogP contribution in [0, 0.1) is 10.1 Å². The molecule has 158 valence electrons. The van der Waals surface area contributed by atoms with Crippen LogP contribution in [0.3, 0.4) is 0 Å². The molecule has 0 aromatic heterocycles. The molecule has 1 N–H and O–H groups in total. The van der Waals surface area contributed by atoms with E-state index in [4.69, 9.17) is 0 Å². The molecule has 0 aliphatic carbocycles. The number of hydrogen-bond acceptors (Lipinski definition) is 5. The smallest absolute Gasteiger partial charge is 0.282 e. The second kappa shape index (κ2) is 8.65. The van der Waals surface area contributed by atoms with Crippen LogP contribution < -0.4 is 10.2 Å². The molecular weight excluding hydrogens is 408 g/mol. The predicted molar refractivity (Wildman–Crippen MR) is 122 cm³/mol. The lowest BCUT2D eigenvalue weighted by Gasteiger charge is -2.19. The number of carbonyl (C=O) groups is 2. The van der Waals surface area contributed by atoms with Gasteiger partial charge in [-0.2, -0.15) is 0 Å². The van der Waals surface area contributed by atoms with Crippen molar-refractivity contribution in [2.75, 3.05) is 10.2 Å². The number of hydrogen-bond donors (Lipinski definition) is 1. The van der Waals surface area contributed by atoms with E-state index in [1.54, 1.807) is 42.5 Å². The van der Waals surface area contributed by atoms with Crippen molar-refractivity contribution in [3.05, 3.63) is 106 Å². The Kier molecular flexibility index (Phi) is 5.59. The summed E-state index contributed by atoms with van der Waals surface area (Å²) in [6.07, 6.45) is 1.43. The number of carbonyl (C=O) groups excluding carboxylic acids is 2. The number of nitrogens with one attached hydrogen (secondary N) is 1. The van der Waals surface area contributed by atoms with E-state index in [0.717, 1.165) is 5.56 Å². The quantitative estimate of drug-likeness (QED) is 0.371. The number of anilines is 2. The van der Waals surface area contributed by atoms with Gasteiger partial charge in [0.2, 0.25) is 5.91 Å². The summed E-state index contributed by atoms with van der Waals surface area (Å²) < 4.78 is 0. The van der Waals surface area contributed by atoms with E-state index in [-0.39, 0.29) is 17.3 Å². The Morgan fingerprint density at radius 2 is 1.66 bits per heavy atom. The molecule has 8 nitrogen and oxygen atoms in total. The van der Waals surface area contributed by atoms with Crippen molar-refractivity contribution in [2.45, 2.75) is 6.92 Å². The molecule has 8 heteroatoms. The van der Waals surface area contributed by atoms with Crippen molar-refractivity contribution in [3.63, 3.8) is 0 Å². The number of para-hydroxylation sites is 1. The Morgan fingerprint density at radius 3 is 2.31 bits per heavy atom. The average Bonchev–Trinajstić information content (AvgIpc) is 3.11. The second-order valence-corrected chi connectivity index (χ2v) is 7.02. The summed E-state index contributed by atoms with van der Waals surface area (Å²) in [5.41, 5.74) is 2.14. The van der Waals surface area contributed by atoms with Gasteiger partial charge in [-0.05, 0) is 36.4 Å². The van der Waals surface area contributed by atoms with Crippen molar-refractivity contribution in [3.8, 4) is 0 Å². The number of nitrogens with zero attached hydrogens (tertiary/aromatic N) is 3. The monoisotopic (exact) mass is 426 g/mol. The summed E-state index contributed by atoms with van der Waals surface area (Å²) in [7, 11) is 0. The van der Waals surface area contributed by atoms with Crippen molar-refractivity contribution in [1.29, 1.82) is 0 Å². The van der Waals surface area contributed by atoms with E-state index in [1.807, 2.05) is 30.3 Å². The summed E-state index contributed by atoms with van der Waals surface area (Å²) in [5.74, 6) is -0.196. The van der Waals surface area contributed by atoms with Crippen LogP contribution in [0.1, 0.15) is 18.1 Å². The highest BCUT2D eigenvalue weighted by atomic mass is 16.6. The molecule has 0 saturated carbocycles. The summed E-state index contributed by atoms with van der Waals surface area (Å²) in [6.45, 7) is 1.41. The predicted octanol–water partition coefficient (Wildman–Crippen LogP) is 4.39. The summed E-state index contributed by atoms with van der Waals surface area (Å²) in [4.78, 5) is 41.5. The Morgan fingerprint density at radius 1 is 1.00 bits per heavy atom. The SMILES string of the molecule is CC(=O)Nc1ccc(N2C(=O)/C(=C/c3ccccc3[N+](=O)[O-])N=C2c2ccccc2)cc1. The number of rotatable bonds is 5. The van der Waals surface area contributed by atoms with Crippen molar-refractivity contribution in [1.82, 2.24) is 0 Å². The Labute approximate surface area is 183 Å². The molecule has 2 amide bonds. The molecule has 4 rings (SSSR count). The minimum atomic E-state index is -0.494. The summed E-state index contributed by atoms with van der Waals surface area (Å²) in [5, 5.41) is 14.1. The molecule has 0 saturated heterocycles. The van der Waals surface area contributed by atoms with Crippen LogP contribution in [0.25, 0.3) is 6.08 Å². The van der Waals surface area contributed by atoms with Gasteiger partial charge in [-0.15, -0.1) is 0 Å². The Balaban J connectivity index is 1.79. The lowest BCUT2D eigenvalue weighted by Crippen LogP contribution is -2.32. The lowest BCUT2D eigenvalue weighted by atomic mass is 10.1. The number of nitro benzene ring substituents is 1.